The van der Waals surface area contributed by atoms with Crippen LogP contribution in [-0.4, -0.2) is 27.0 Å². The lowest BCUT2D eigenvalue weighted by Crippen LogP contribution is -2.25. The summed E-state index contributed by atoms with van der Waals surface area (Å²) in [6.45, 7) is 2.62. The van der Waals surface area contributed by atoms with E-state index >= 15 is 0 Å². The molecule has 0 aliphatic carbocycles. The summed E-state index contributed by atoms with van der Waals surface area (Å²) in [5.74, 6) is -0.0564. The molecule has 0 radical (unpaired) electrons. The summed E-state index contributed by atoms with van der Waals surface area (Å²) in [6.07, 6.45) is 6.15. The number of benzene rings is 1. The van der Waals surface area contributed by atoms with Crippen molar-refractivity contribution < 1.29 is 4.79 Å². The zero-order valence-corrected chi connectivity index (χ0v) is 16.4. The van der Waals surface area contributed by atoms with Gasteiger partial charge < -0.3 is 9.88 Å². The number of hydrogen-bond acceptors (Lipinski definition) is 5. The highest BCUT2D eigenvalue weighted by atomic mass is 32.1. The topological polar surface area (TPSA) is 59.8 Å². The Morgan fingerprint density at radius 1 is 1.19 bits per heavy atom. The average Bonchev–Trinajstić information content (AvgIpc) is 3.43. The van der Waals surface area contributed by atoms with E-state index in [0.717, 1.165) is 22.8 Å². The van der Waals surface area contributed by atoms with Crippen molar-refractivity contribution in [2.24, 2.45) is 0 Å². The number of hydrogen-bond donors (Lipinski definition) is 1. The van der Waals surface area contributed by atoms with E-state index in [9.17, 15) is 4.79 Å². The molecule has 3 aromatic heterocycles. The van der Waals surface area contributed by atoms with Crippen LogP contribution in [0, 0.1) is 6.92 Å². The van der Waals surface area contributed by atoms with Crippen molar-refractivity contribution in [2.75, 3.05) is 6.54 Å². The first-order valence-electron chi connectivity index (χ1n) is 8.57. The molecule has 136 valence electrons. The van der Waals surface area contributed by atoms with Gasteiger partial charge in [0.05, 0.1) is 21.9 Å². The highest BCUT2D eigenvalue weighted by Gasteiger charge is 2.08. The van der Waals surface area contributed by atoms with Gasteiger partial charge in [-0.25, -0.2) is 9.97 Å². The first-order valence-corrected chi connectivity index (χ1v) is 10.3. The molecule has 0 spiro atoms. The van der Waals surface area contributed by atoms with Gasteiger partial charge in [0.2, 0.25) is 0 Å². The van der Waals surface area contributed by atoms with Crippen molar-refractivity contribution in [3.05, 3.63) is 75.9 Å². The number of aromatic nitrogens is 3. The maximum absolute atomic E-state index is 12.3. The summed E-state index contributed by atoms with van der Waals surface area (Å²) in [4.78, 5) is 23.3. The molecule has 1 N–H and O–H groups in total. The minimum atomic E-state index is -0.0564. The van der Waals surface area contributed by atoms with Gasteiger partial charge in [0.1, 0.15) is 0 Å². The van der Waals surface area contributed by atoms with Crippen LogP contribution >= 0.6 is 22.7 Å². The highest BCUT2D eigenvalue weighted by Crippen LogP contribution is 2.29. The van der Waals surface area contributed by atoms with Gasteiger partial charge in [-0.15, -0.1) is 22.7 Å². The maximum atomic E-state index is 12.3. The van der Waals surface area contributed by atoms with Gasteiger partial charge in [0, 0.05) is 40.4 Å². The van der Waals surface area contributed by atoms with Gasteiger partial charge in [-0.05, 0) is 49.7 Å². The van der Waals surface area contributed by atoms with Crippen LogP contribution in [0.2, 0.25) is 0 Å². The predicted octanol–water partition coefficient (Wildman–Crippen LogP) is 4.34. The van der Waals surface area contributed by atoms with Gasteiger partial charge in [-0.2, -0.15) is 0 Å². The van der Waals surface area contributed by atoms with E-state index in [-0.39, 0.29) is 5.91 Å². The fourth-order valence-electron chi connectivity index (χ4n) is 2.72. The Labute approximate surface area is 165 Å². The fourth-order valence-corrected chi connectivity index (χ4v) is 4.38. The summed E-state index contributed by atoms with van der Waals surface area (Å²) in [5, 5.41) is 6.15. The molecule has 1 amide bonds. The van der Waals surface area contributed by atoms with Gasteiger partial charge in [-0.1, -0.05) is 0 Å². The number of nitrogens with one attached hydrogen (secondary N) is 1. The van der Waals surface area contributed by atoms with Crippen LogP contribution in [0.4, 0.5) is 0 Å². The summed E-state index contributed by atoms with van der Waals surface area (Å²) in [5.41, 5.74) is 2.67. The zero-order chi connectivity index (χ0) is 18.6. The molecule has 5 nitrogen and oxygen atoms in total. The molecule has 0 fully saturated rings. The van der Waals surface area contributed by atoms with Gasteiger partial charge >= 0.3 is 0 Å². The van der Waals surface area contributed by atoms with Crippen LogP contribution in [0.5, 0.6) is 0 Å². The summed E-state index contributed by atoms with van der Waals surface area (Å²) in [7, 11) is 0. The third kappa shape index (κ3) is 4.15. The van der Waals surface area contributed by atoms with Crippen LogP contribution in [0.3, 0.4) is 0 Å². The standard InChI is InChI=1S/C20H18N4OS2/c1-14-23-18(12-26-14)19-7-6-17(27-19)8-9-22-20(25)15-2-4-16(5-3-15)24-11-10-21-13-24/h2-7,10-13H,8-9H2,1H3,(H,22,25). The molecule has 3 heterocycles. The Morgan fingerprint density at radius 2 is 2.04 bits per heavy atom. The first kappa shape index (κ1) is 17.6. The molecule has 0 unspecified atom stereocenters. The molecule has 4 aromatic rings. The number of amides is 1. The van der Waals surface area contributed by atoms with E-state index in [1.807, 2.05) is 42.0 Å². The molecule has 27 heavy (non-hydrogen) atoms. The summed E-state index contributed by atoms with van der Waals surface area (Å²) in [6, 6.07) is 11.7. The lowest BCUT2D eigenvalue weighted by molar-refractivity contribution is 0.0954. The van der Waals surface area contributed by atoms with Crippen molar-refractivity contribution >= 4 is 28.6 Å². The normalized spacial score (nSPS) is 10.9. The third-order valence-corrected chi connectivity index (χ3v) is 6.06. The number of carbonyl (C=O) groups excluding carboxylic acids is 1. The van der Waals surface area contributed by atoms with E-state index in [4.69, 9.17) is 0 Å². The Bertz CT molecular complexity index is 1030. The van der Waals surface area contributed by atoms with Crippen molar-refractivity contribution in [3.63, 3.8) is 0 Å². The Morgan fingerprint density at radius 3 is 2.74 bits per heavy atom. The summed E-state index contributed by atoms with van der Waals surface area (Å²) >= 11 is 3.39. The number of thiazole rings is 1. The molecule has 4 rings (SSSR count). The Kier molecular flexibility index (Phi) is 5.13. The second-order valence-corrected chi connectivity index (χ2v) is 8.27. The number of nitrogens with zero attached hydrogens (tertiary/aromatic N) is 3. The minimum absolute atomic E-state index is 0.0564. The van der Waals surface area contributed by atoms with Crippen LogP contribution in [0.1, 0.15) is 20.2 Å². The number of aryl methyl sites for hydroxylation is 1. The van der Waals surface area contributed by atoms with E-state index in [1.165, 1.54) is 9.75 Å². The predicted molar refractivity (Wildman–Crippen MR) is 110 cm³/mol. The van der Waals surface area contributed by atoms with Gasteiger partial charge in [0.25, 0.3) is 5.91 Å². The van der Waals surface area contributed by atoms with E-state index in [2.05, 4.69) is 32.8 Å². The lowest BCUT2D eigenvalue weighted by atomic mass is 10.2. The number of imidazole rings is 1. The zero-order valence-electron chi connectivity index (χ0n) is 14.8. The second-order valence-electron chi connectivity index (χ2n) is 6.04. The highest BCUT2D eigenvalue weighted by molar-refractivity contribution is 7.16. The Balaban J connectivity index is 1.31. The molecule has 0 bridgehead atoms. The fraction of sp³-hybridized carbons (Fsp3) is 0.150. The molecule has 0 saturated carbocycles. The molecule has 7 heteroatoms. The summed E-state index contributed by atoms with van der Waals surface area (Å²) < 4.78 is 1.90. The quantitative estimate of drug-likeness (QED) is 0.529. The first-order chi connectivity index (χ1) is 13.2. The van der Waals surface area contributed by atoms with Crippen molar-refractivity contribution in [1.29, 1.82) is 0 Å². The van der Waals surface area contributed by atoms with Crippen LogP contribution < -0.4 is 5.32 Å². The van der Waals surface area contributed by atoms with Crippen molar-refractivity contribution in [3.8, 4) is 16.3 Å². The van der Waals surface area contributed by atoms with Crippen LogP contribution in [-0.2, 0) is 6.42 Å². The molecule has 1 aromatic carbocycles. The van der Waals surface area contributed by atoms with Crippen molar-refractivity contribution in [1.82, 2.24) is 19.9 Å². The molecular formula is C20H18N4OS2. The average molecular weight is 395 g/mol. The number of rotatable bonds is 6. The second kappa shape index (κ2) is 7.85. The number of carbonyl (C=O) groups is 1. The largest absolute Gasteiger partial charge is 0.352 e. The molecule has 0 aliphatic heterocycles. The monoisotopic (exact) mass is 394 g/mol. The maximum Gasteiger partial charge on any atom is 0.251 e. The van der Waals surface area contributed by atoms with Crippen LogP contribution in [0.25, 0.3) is 16.3 Å². The van der Waals surface area contributed by atoms with Crippen molar-refractivity contribution in [2.45, 2.75) is 13.3 Å². The smallest absolute Gasteiger partial charge is 0.251 e. The molecular weight excluding hydrogens is 376 g/mol. The Hall–Kier alpha value is -2.77. The molecule has 0 atom stereocenters. The molecule has 0 aliphatic rings. The minimum Gasteiger partial charge on any atom is -0.352 e. The third-order valence-electron chi connectivity index (χ3n) is 4.12. The number of thiophene rings is 1. The van der Waals surface area contributed by atoms with E-state index < -0.39 is 0 Å². The van der Waals surface area contributed by atoms with Crippen LogP contribution in [0.15, 0.2) is 60.5 Å². The molecule has 0 saturated heterocycles. The lowest BCUT2D eigenvalue weighted by Gasteiger charge is -2.06. The van der Waals surface area contributed by atoms with E-state index in [1.54, 1.807) is 35.2 Å². The van der Waals surface area contributed by atoms with Gasteiger partial charge in [0.15, 0.2) is 0 Å². The van der Waals surface area contributed by atoms with E-state index in [0.29, 0.717) is 12.1 Å². The SMILES string of the molecule is Cc1nc(-c2ccc(CCNC(=O)c3ccc(-n4ccnc4)cc3)s2)cs1. The van der Waals surface area contributed by atoms with Gasteiger partial charge in [-0.3, -0.25) is 4.79 Å².